The molecule has 0 bridgehead atoms. The number of carbonyl (C=O) groups is 1. The summed E-state index contributed by atoms with van der Waals surface area (Å²) in [5.41, 5.74) is 0.798. The average Bonchev–Trinajstić information content (AvgIpc) is 2.88. The van der Waals surface area contributed by atoms with Crippen LogP contribution in [0.5, 0.6) is 0 Å². The normalized spacial score (nSPS) is 13.1. The molecule has 0 spiro atoms. The van der Waals surface area contributed by atoms with Crippen molar-refractivity contribution in [3.8, 4) is 12.3 Å². The second-order valence-electron chi connectivity index (χ2n) is 8.52. The molecule has 1 aliphatic rings. The first-order valence-corrected chi connectivity index (χ1v) is 12.1. The molecule has 10 heteroatoms. The van der Waals surface area contributed by atoms with E-state index in [2.05, 4.69) is 5.92 Å². The molecule has 0 saturated carbocycles. The largest absolute Gasteiger partial charge is 0.416 e. The summed E-state index contributed by atoms with van der Waals surface area (Å²) in [6, 6.07) is 11.3. The van der Waals surface area contributed by atoms with E-state index < -0.39 is 11.7 Å². The average molecular weight is 529 g/mol. The summed E-state index contributed by atoms with van der Waals surface area (Å²) in [5, 5.41) is 0.516. The van der Waals surface area contributed by atoms with Crippen LogP contribution in [0.4, 0.5) is 24.8 Å². The minimum absolute atomic E-state index is 0.0887. The molecule has 0 saturated heterocycles. The fourth-order valence-corrected chi connectivity index (χ4v) is 4.43. The number of hydrogen-bond donors (Lipinski definition) is 0. The first-order valence-electron chi connectivity index (χ1n) is 11.7. The zero-order chi connectivity index (χ0) is 26.7. The third-order valence-electron chi connectivity index (χ3n) is 6.22. The third-order valence-corrected chi connectivity index (χ3v) is 6.47. The van der Waals surface area contributed by atoms with Gasteiger partial charge in [-0.15, -0.1) is 12.3 Å². The second kappa shape index (κ2) is 10.7. The number of anilines is 2. The molecule has 2 aromatic carbocycles. The number of carbonyl (C=O) groups excluding carboxylic acids is 1. The van der Waals surface area contributed by atoms with Gasteiger partial charge in [0.05, 0.1) is 23.4 Å². The molecule has 0 fully saturated rings. The van der Waals surface area contributed by atoms with Gasteiger partial charge in [0.25, 0.3) is 11.5 Å². The molecule has 37 heavy (non-hydrogen) atoms. The number of amides is 1. The van der Waals surface area contributed by atoms with Crippen LogP contribution in [0.3, 0.4) is 0 Å². The van der Waals surface area contributed by atoms with Gasteiger partial charge in [0.1, 0.15) is 0 Å². The van der Waals surface area contributed by atoms with Crippen LogP contribution in [0, 0.1) is 12.3 Å². The van der Waals surface area contributed by atoms with E-state index in [1.165, 1.54) is 16.7 Å². The summed E-state index contributed by atoms with van der Waals surface area (Å²) >= 11 is 5.93. The Kier molecular flexibility index (Phi) is 7.60. The zero-order valence-electron chi connectivity index (χ0n) is 20.1. The van der Waals surface area contributed by atoms with Crippen molar-refractivity contribution in [3.63, 3.8) is 0 Å². The molecule has 0 N–H and O–H groups in total. The van der Waals surface area contributed by atoms with Crippen LogP contribution in [0.15, 0.2) is 53.3 Å². The second-order valence-corrected chi connectivity index (χ2v) is 8.96. The van der Waals surface area contributed by atoms with Crippen LogP contribution < -0.4 is 10.5 Å². The van der Waals surface area contributed by atoms with Crippen LogP contribution in [0.2, 0.25) is 5.02 Å². The molecule has 0 atom stereocenters. The number of benzene rings is 2. The van der Waals surface area contributed by atoms with Gasteiger partial charge in [0, 0.05) is 48.7 Å². The van der Waals surface area contributed by atoms with Crippen molar-refractivity contribution in [3.05, 3.63) is 86.3 Å². The van der Waals surface area contributed by atoms with Crippen molar-refractivity contribution in [1.82, 2.24) is 14.5 Å². The van der Waals surface area contributed by atoms with E-state index in [-0.39, 0.29) is 31.0 Å². The van der Waals surface area contributed by atoms with Gasteiger partial charge in [-0.2, -0.15) is 13.2 Å². The fraction of sp³-hybridized carbons (Fsp3) is 0.296. The first-order chi connectivity index (χ1) is 17.6. The predicted octanol–water partition coefficient (Wildman–Crippen LogP) is 5.30. The minimum Gasteiger partial charge on any atom is -0.334 e. The summed E-state index contributed by atoms with van der Waals surface area (Å²) in [6.07, 6.45) is 1.62. The number of rotatable bonds is 6. The molecule has 0 unspecified atom stereocenters. The lowest BCUT2D eigenvalue weighted by atomic mass is 10.1. The van der Waals surface area contributed by atoms with Crippen molar-refractivity contribution in [2.75, 3.05) is 18.0 Å². The molecule has 4 rings (SSSR count). The Bertz CT molecular complexity index is 1390. The quantitative estimate of drug-likeness (QED) is 0.408. The monoisotopic (exact) mass is 528 g/mol. The van der Waals surface area contributed by atoms with Crippen molar-refractivity contribution >= 4 is 29.1 Å². The van der Waals surface area contributed by atoms with E-state index in [0.717, 1.165) is 12.1 Å². The van der Waals surface area contributed by atoms with Gasteiger partial charge < -0.3 is 9.80 Å². The number of hydrogen-bond acceptors (Lipinski definition) is 4. The lowest BCUT2D eigenvalue weighted by Gasteiger charge is -2.31. The highest BCUT2D eigenvalue weighted by atomic mass is 35.5. The number of alkyl halides is 3. The SMILES string of the molecule is C#CCCn1c(N(CC)c2ccc(C(F)(F)F)cc2)nc2c(c1=O)CN(C(=O)c1ccc(Cl)cc1)CC2. The van der Waals surface area contributed by atoms with E-state index in [0.29, 0.717) is 53.0 Å². The van der Waals surface area contributed by atoms with Crippen molar-refractivity contribution in [2.45, 2.75) is 39.0 Å². The number of aromatic nitrogens is 2. The van der Waals surface area contributed by atoms with Crippen LogP contribution in [-0.4, -0.2) is 33.4 Å². The van der Waals surface area contributed by atoms with Gasteiger partial charge in [-0.1, -0.05) is 11.6 Å². The summed E-state index contributed by atoms with van der Waals surface area (Å²) in [4.78, 5) is 34.7. The lowest BCUT2D eigenvalue weighted by Crippen LogP contribution is -2.42. The molecule has 0 radical (unpaired) electrons. The fourth-order valence-electron chi connectivity index (χ4n) is 4.30. The van der Waals surface area contributed by atoms with Crippen LogP contribution in [-0.2, 0) is 25.7 Å². The van der Waals surface area contributed by atoms with E-state index in [4.69, 9.17) is 23.0 Å². The highest BCUT2D eigenvalue weighted by Gasteiger charge is 2.31. The van der Waals surface area contributed by atoms with Gasteiger partial charge in [-0.05, 0) is 55.5 Å². The van der Waals surface area contributed by atoms with E-state index in [1.807, 2.05) is 6.92 Å². The van der Waals surface area contributed by atoms with E-state index in [1.54, 1.807) is 34.1 Å². The first kappa shape index (κ1) is 26.3. The zero-order valence-corrected chi connectivity index (χ0v) is 20.8. The van der Waals surface area contributed by atoms with Gasteiger partial charge in [0.15, 0.2) is 0 Å². The molecule has 1 amide bonds. The Hall–Kier alpha value is -3.77. The molecule has 2 heterocycles. The highest BCUT2D eigenvalue weighted by Crippen LogP contribution is 2.32. The maximum Gasteiger partial charge on any atom is 0.416 e. The number of nitrogens with zero attached hydrogens (tertiary/aromatic N) is 4. The molecule has 192 valence electrons. The van der Waals surface area contributed by atoms with Gasteiger partial charge in [-0.3, -0.25) is 14.2 Å². The number of fused-ring (bicyclic) bond motifs is 1. The smallest absolute Gasteiger partial charge is 0.334 e. The van der Waals surface area contributed by atoms with Gasteiger partial charge in [0.2, 0.25) is 5.95 Å². The van der Waals surface area contributed by atoms with Gasteiger partial charge >= 0.3 is 6.18 Å². The Balaban J connectivity index is 1.72. The van der Waals surface area contributed by atoms with Crippen molar-refractivity contribution in [2.24, 2.45) is 0 Å². The summed E-state index contributed by atoms with van der Waals surface area (Å²) < 4.78 is 40.6. The van der Waals surface area contributed by atoms with Gasteiger partial charge in [-0.25, -0.2) is 4.98 Å². The standard InChI is InChI=1S/C27H24ClF3N4O2/c1-3-5-15-35-25(37)22-17-33(24(36)18-6-10-20(28)11-7-18)16-14-23(22)32-26(35)34(4-2)21-12-8-19(9-13-21)27(29,30)31/h1,6-13H,4-5,14-17H2,2H3. The maximum atomic E-state index is 13.7. The Morgan fingerprint density at radius 1 is 1.16 bits per heavy atom. The van der Waals surface area contributed by atoms with Crippen molar-refractivity contribution in [1.29, 1.82) is 0 Å². The maximum absolute atomic E-state index is 13.7. The van der Waals surface area contributed by atoms with Crippen LogP contribution in [0.1, 0.15) is 40.5 Å². The Morgan fingerprint density at radius 3 is 2.43 bits per heavy atom. The summed E-state index contributed by atoms with van der Waals surface area (Å²) in [7, 11) is 0. The molecule has 6 nitrogen and oxygen atoms in total. The Morgan fingerprint density at radius 2 is 1.84 bits per heavy atom. The van der Waals surface area contributed by atoms with Crippen LogP contribution in [0.25, 0.3) is 0 Å². The summed E-state index contributed by atoms with van der Waals surface area (Å²) in [6.45, 7) is 2.80. The van der Waals surface area contributed by atoms with E-state index >= 15 is 0 Å². The van der Waals surface area contributed by atoms with Crippen molar-refractivity contribution < 1.29 is 18.0 Å². The summed E-state index contributed by atoms with van der Waals surface area (Å²) in [5.74, 6) is 2.60. The minimum atomic E-state index is -4.45. The molecular formula is C27H24ClF3N4O2. The topological polar surface area (TPSA) is 58.4 Å². The van der Waals surface area contributed by atoms with E-state index in [9.17, 15) is 22.8 Å². The highest BCUT2D eigenvalue weighted by molar-refractivity contribution is 6.30. The third kappa shape index (κ3) is 5.49. The molecule has 1 aliphatic heterocycles. The predicted molar refractivity (Wildman–Crippen MR) is 136 cm³/mol. The molecular weight excluding hydrogens is 505 g/mol. The molecule has 1 aromatic heterocycles. The lowest BCUT2D eigenvalue weighted by molar-refractivity contribution is -0.137. The molecule has 3 aromatic rings. The number of halogens is 4. The van der Waals surface area contributed by atoms with Crippen LogP contribution >= 0.6 is 11.6 Å². The molecule has 0 aliphatic carbocycles. The number of terminal acetylenes is 1. The Labute approximate surface area is 217 Å².